The predicted octanol–water partition coefficient (Wildman–Crippen LogP) is 1.16. The van der Waals surface area contributed by atoms with Crippen molar-refractivity contribution in [1.29, 1.82) is 0 Å². The van der Waals surface area contributed by atoms with E-state index in [-0.39, 0.29) is 6.61 Å². The van der Waals surface area contributed by atoms with E-state index < -0.39 is 37.1 Å². The standard InChI is InChI=1S/C23H28O6/c24-11-17-6-3-14(9-13-1-4-15(5-2-13)16-7-8-16)10-18(17)23-22(28)21(27)20(26)19(12-25)29-23/h1-6,10,16,19-28H,7-9,11-12H2/t19-,20-,21+,22-,23+/m1/s1. The van der Waals surface area contributed by atoms with Gasteiger partial charge >= 0.3 is 0 Å². The molecule has 0 spiro atoms. The molecule has 1 saturated heterocycles. The molecule has 0 aromatic heterocycles. The first-order valence-electron chi connectivity index (χ1n) is 10.1. The van der Waals surface area contributed by atoms with Crippen LogP contribution in [0.5, 0.6) is 0 Å². The molecule has 0 radical (unpaired) electrons. The van der Waals surface area contributed by atoms with Gasteiger partial charge in [-0.05, 0) is 53.0 Å². The lowest BCUT2D eigenvalue weighted by atomic mass is 9.88. The third-order valence-corrected chi connectivity index (χ3v) is 6.02. The van der Waals surface area contributed by atoms with Gasteiger partial charge in [-0.15, -0.1) is 0 Å². The second-order valence-electron chi connectivity index (χ2n) is 8.13. The van der Waals surface area contributed by atoms with Crippen LogP contribution >= 0.6 is 0 Å². The fourth-order valence-electron chi connectivity index (χ4n) is 4.08. The molecule has 2 aromatic carbocycles. The Labute approximate surface area is 170 Å². The number of ether oxygens (including phenoxy) is 1. The Balaban J connectivity index is 1.59. The minimum Gasteiger partial charge on any atom is -0.394 e. The molecular weight excluding hydrogens is 372 g/mol. The Morgan fingerprint density at radius 2 is 1.52 bits per heavy atom. The third-order valence-electron chi connectivity index (χ3n) is 6.02. The minimum absolute atomic E-state index is 0.249. The zero-order valence-corrected chi connectivity index (χ0v) is 16.2. The van der Waals surface area contributed by atoms with E-state index >= 15 is 0 Å². The van der Waals surface area contributed by atoms with Crippen LogP contribution in [0.4, 0.5) is 0 Å². The van der Waals surface area contributed by atoms with Crippen molar-refractivity contribution in [2.75, 3.05) is 6.61 Å². The third kappa shape index (κ3) is 4.23. The van der Waals surface area contributed by atoms with Crippen LogP contribution in [-0.2, 0) is 17.8 Å². The summed E-state index contributed by atoms with van der Waals surface area (Å²) in [6.45, 7) is -0.732. The first-order valence-corrected chi connectivity index (χ1v) is 10.1. The van der Waals surface area contributed by atoms with Gasteiger partial charge in [-0.25, -0.2) is 0 Å². The zero-order valence-electron chi connectivity index (χ0n) is 16.2. The molecule has 1 aliphatic heterocycles. The van der Waals surface area contributed by atoms with Crippen molar-refractivity contribution < 1.29 is 30.3 Å². The van der Waals surface area contributed by atoms with E-state index in [1.165, 1.54) is 18.4 Å². The Kier molecular flexibility index (Phi) is 6.01. The van der Waals surface area contributed by atoms with Crippen molar-refractivity contribution in [2.24, 2.45) is 0 Å². The van der Waals surface area contributed by atoms with Crippen LogP contribution in [0.15, 0.2) is 42.5 Å². The largest absolute Gasteiger partial charge is 0.394 e. The maximum atomic E-state index is 10.5. The summed E-state index contributed by atoms with van der Waals surface area (Å²) in [5, 5.41) is 49.8. The van der Waals surface area contributed by atoms with E-state index in [4.69, 9.17) is 4.74 Å². The summed E-state index contributed by atoms with van der Waals surface area (Å²) in [5.41, 5.74) is 4.64. The van der Waals surface area contributed by atoms with E-state index in [1.54, 1.807) is 6.07 Å². The second kappa shape index (κ2) is 8.52. The van der Waals surface area contributed by atoms with Crippen LogP contribution in [0, 0.1) is 0 Å². The van der Waals surface area contributed by atoms with Crippen molar-refractivity contribution in [3.05, 3.63) is 70.3 Å². The number of hydrogen-bond acceptors (Lipinski definition) is 6. The van der Waals surface area contributed by atoms with Gasteiger partial charge in [0.1, 0.15) is 30.5 Å². The number of aliphatic hydroxyl groups is 5. The summed E-state index contributed by atoms with van der Waals surface area (Å²) in [6.07, 6.45) is -2.94. The molecule has 156 valence electrons. The van der Waals surface area contributed by atoms with Gasteiger partial charge in [-0.3, -0.25) is 0 Å². The molecular formula is C23H28O6. The van der Waals surface area contributed by atoms with Crippen molar-refractivity contribution in [3.8, 4) is 0 Å². The van der Waals surface area contributed by atoms with Crippen molar-refractivity contribution in [3.63, 3.8) is 0 Å². The molecule has 0 bridgehead atoms. The van der Waals surface area contributed by atoms with Gasteiger partial charge in [-0.1, -0.05) is 42.5 Å². The summed E-state index contributed by atoms with van der Waals surface area (Å²) in [4.78, 5) is 0. The molecule has 0 amide bonds. The smallest absolute Gasteiger partial charge is 0.113 e. The van der Waals surface area contributed by atoms with E-state index in [2.05, 4.69) is 24.3 Å². The maximum absolute atomic E-state index is 10.5. The fourth-order valence-corrected chi connectivity index (χ4v) is 4.08. The Bertz CT molecular complexity index is 830. The number of hydrogen-bond donors (Lipinski definition) is 5. The number of rotatable bonds is 6. The molecule has 1 heterocycles. The Hall–Kier alpha value is -1.80. The first-order chi connectivity index (χ1) is 14.0. The van der Waals surface area contributed by atoms with Gasteiger partial charge in [-0.2, -0.15) is 0 Å². The molecule has 4 rings (SSSR count). The lowest BCUT2D eigenvalue weighted by molar-refractivity contribution is -0.232. The quantitative estimate of drug-likeness (QED) is 0.498. The Morgan fingerprint density at radius 1 is 0.828 bits per heavy atom. The van der Waals surface area contributed by atoms with Crippen molar-refractivity contribution in [1.82, 2.24) is 0 Å². The molecule has 5 atom stereocenters. The van der Waals surface area contributed by atoms with Gasteiger partial charge in [0.05, 0.1) is 13.2 Å². The van der Waals surface area contributed by atoms with Crippen LogP contribution in [0.25, 0.3) is 0 Å². The molecule has 0 unspecified atom stereocenters. The van der Waals surface area contributed by atoms with Crippen molar-refractivity contribution >= 4 is 0 Å². The van der Waals surface area contributed by atoms with E-state index in [0.717, 1.165) is 11.1 Å². The molecule has 29 heavy (non-hydrogen) atoms. The molecule has 2 fully saturated rings. The summed E-state index contributed by atoms with van der Waals surface area (Å²) in [6, 6.07) is 14.2. The average Bonchev–Trinajstić information content (AvgIpc) is 3.58. The fraction of sp³-hybridized carbons (Fsp3) is 0.478. The van der Waals surface area contributed by atoms with E-state index in [9.17, 15) is 25.5 Å². The highest BCUT2D eigenvalue weighted by molar-refractivity contribution is 5.38. The second-order valence-corrected chi connectivity index (χ2v) is 8.13. The van der Waals surface area contributed by atoms with Gasteiger partial charge in [0.15, 0.2) is 0 Å². The molecule has 5 N–H and O–H groups in total. The molecule has 2 aliphatic rings. The van der Waals surface area contributed by atoms with Crippen LogP contribution in [0.2, 0.25) is 0 Å². The molecule has 1 saturated carbocycles. The lowest BCUT2D eigenvalue weighted by Crippen LogP contribution is -2.55. The first kappa shape index (κ1) is 20.5. The summed E-state index contributed by atoms with van der Waals surface area (Å²) >= 11 is 0. The average molecular weight is 400 g/mol. The van der Waals surface area contributed by atoms with Crippen LogP contribution < -0.4 is 0 Å². The maximum Gasteiger partial charge on any atom is 0.113 e. The van der Waals surface area contributed by atoms with E-state index in [1.807, 2.05) is 12.1 Å². The monoisotopic (exact) mass is 400 g/mol. The van der Waals surface area contributed by atoms with Crippen LogP contribution in [-0.4, -0.2) is 56.6 Å². The molecule has 6 nitrogen and oxygen atoms in total. The normalized spacial score (nSPS) is 29.8. The molecule has 6 heteroatoms. The topological polar surface area (TPSA) is 110 Å². The Morgan fingerprint density at radius 3 is 2.14 bits per heavy atom. The minimum atomic E-state index is -1.45. The highest BCUT2D eigenvalue weighted by atomic mass is 16.5. The highest BCUT2D eigenvalue weighted by Crippen LogP contribution is 2.40. The molecule has 1 aliphatic carbocycles. The zero-order chi connectivity index (χ0) is 20.5. The van der Waals surface area contributed by atoms with Gasteiger partial charge in [0.2, 0.25) is 0 Å². The number of benzene rings is 2. The van der Waals surface area contributed by atoms with Gasteiger partial charge in [0, 0.05) is 0 Å². The summed E-state index contributed by atoms with van der Waals surface area (Å²) in [5.74, 6) is 0.714. The summed E-state index contributed by atoms with van der Waals surface area (Å²) in [7, 11) is 0. The summed E-state index contributed by atoms with van der Waals surface area (Å²) < 4.78 is 5.69. The molecule has 2 aromatic rings. The SMILES string of the molecule is OCc1ccc(Cc2ccc(C3CC3)cc2)cc1[C@@H]1O[C@H](CO)[C@@H](O)[C@H](O)[C@H]1O. The number of aliphatic hydroxyl groups excluding tert-OH is 5. The van der Waals surface area contributed by atoms with Crippen LogP contribution in [0.1, 0.15) is 52.7 Å². The predicted molar refractivity (Wildman–Crippen MR) is 106 cm³/mol. The lowest BCUT2D eigenvalue weighted by Gasteiger charge is -2.40. The van der Waals surface area contributed by atoms with Gasteiger partial charge in [0.25, 0.3) is 0 Å². The van der Waals surface area contributed by atoms with Crippen LogP contribution in [0.3, 0.4) is 0 Å². The van der Waals surface area contributed by atoms with E-state index in [0.29, 0.717) is 23.5 Å². The van der Waals surface area contributed by atoms with Gasteiger partial charge < -0.3 is 30.3 Å². The van der Waals surface area contributed by atoms with Crippen molar-refractivity contribution in [2.45, 2.75) is 62.3 Å². The highest BCUT2D eigenvalue weighted by Gasteiger charge is 2.44.